The van der Waals surface area contributed by atoms with Crippen LogP contribution in [0.25, 0.3) is 22.0 Å². The summed E-state index contributed by atoms with van der Waals surface area (Å²) in [6.07, 6.45) is 1.88. The molecule has 0 aliphatic carbocycles. The van der Waals surface area contributed by atoms with Gasteiger partial charge in [0.05, 0.1) is 5.52 Å². The molecule has 0 aliphatic rings. The maximum Gasteiger partial charge on any atom is 0.0702 e. The van der Waals surface area contributed by atoms with Gasteiger partial charge in [-0.2, -0.15) is 0 Å². The number of halogens is 1. The van der Waals surface area contributed by atoms with Crippen LogP contribution < -0.4 is 0 Å². The number of aromatic nitrogens is 1. The van der Waals surface area contributed by atoms with Crippen molar-refractivity contribution in [3.63, 3.8) is 0 Å². The van der Waals surface area contributed by atoms with E-state index in [9.17, 15) is 0 Å². The number of para-hydroxylation sites is 1. The van der Waals surface area contributed by atoms with Gasteiger partial charge >= 0.3 is 0 Å². The molecule has 0 spiro atoms. The average Bonchev–Trinajstić information content (AvgIpc) is 2.38. The summed E-state index contributed by atoms with van der Waals surface area (Å²) in [6.45, 7) is 0. The summed E-state index contributed by atoms with van der Waals surface area (Å²) in [5.74, 6) is 0. The van der Waals surface area contributed by atoms with Gasteiger partial charge < -0.3 is 0 Å². The first-order chi connectivity index (χ1) is 8.33. The van der Waals surface area contributed by atoms with Gasteiger partial charge in [0, 0.05) is 22.2 Å². The van der Waals surface area contributed by atoms with Gasteiger partial charge in [0.25, 0.3) is 0 Å². The smallest absolute Gasteiger partial charge is 0.0702 e. The van der Waals surface area contributed by atoms with Crippen molar-refractivity contribution >= 4 is 22.5 Å². The number of nitrogens with zero attached hydrogens (tertiary/aromatic N) is 1. The Hall–Kier alpha value is -1.86. The predicted molar refractivity (Wildman–Crippen MR) is 72.2 cm³/mol. The Morgan fingerprint density at radius 3 is 2.59 bits per heavy atom. The predicted octanol–water partition coefficient (Wildman–Crippen LogP) is 4.56. The first kappa shape index (κ1) is 10.3. The Bertz CT molecular complexity index is 676. The van der Waals surface area contributed by atoms with Gasteiger partial charge in [-0.05, 0) is 29.8 Å². The third-order valence-corrected chi connectivity index (χ3v) is 2.98. The van der Waals surface area contributed by atoms with E-state index in [4.69, 9.17) is 11.6 Å². The Morgan fingerprint density at radius 2 is 1.71 bits per heavy atom. The highest BCUT2D eigenvalue weighted by Gasteiger charge is 2.00. The number of hydrogen-bond acceptors (Lipinski definition) is 1. The molecule has 2 heteroatoms. The first-order valence-electron chi connectivity index (χ1n) is 5.44. The van der Waals surface area contributed by atoms with E-state index in [1.807, 2.05) is 48.7 Å². The second-order valence-corrected chi connectivity index (χ2v) is 4.36. The molecule has 0 bridgehead atoms. The second kappa shape index (κ2) is 4.19. The van der Waals surface area contributed by atoms with Crippen LogP contribution in [0.15, 0.2) is 60.8 Å². The number of hydrogen-bond donors (Lipinski definition) is 0. The zero-order valence-corrected chi connectivity index (χ0v) is 9.85. The molecule has 3 aromatic rings. The molecule has 0 amide bonds. The molecule has 2 aromatic carbocycles. The van der Waals surface area contributed by atoms with Crippen molar-refractivity contribution in [3.8, 4) is 11.1 Å². The van der Waals surface area contributed by atoms with Crippen LogP contribution in [0.2, 0.25) is 5.02 Å². The monoisotopic (exact) mass is 239 g/mol. The molecule has 82 valence electrons. The maximum absolute atomic E-state index is 5.99. The van der Waals surface area contributed by atoms with Crippen molar-refractivity contribution in [1.82, 2.24) is 4.98 Å². The minimum absolute atomic E-state index is 0.746. The highest BCUT2D eigenvalue weighted by atomic mass is 35.5. The summed E-state index contributed by atoms with van der Waals surface area (Å²) >= 11 is 5.99. The molecule has 1 heterocycles. The van der Waals surface area contributed by atoms with Crippen molar-refractivity contribution in [2.24, 2.45) is 0 Å². The van der Waals surface area contributed by atoms with Gasteiger partial charge in [0.15, 0.2) is 0 Å². The summed E-state index contributed by atoms with van der Waals surface area (Å²) in [4.78, 5) is 4.44. The number of fused-ring (bicyclic) bond motifs is 1. The highest BCUT2D eigenvalue weighted by molar-refractivity contribution is 6.30. The van der Waals surface area contributed by atoms with Crippen molar-refractivity contribution < 1.29 is 0 Å². The van der Waals surface area contributed by atoms with Crippen molar-refractivity contribution in [2.45, 2.75) is 0 Å². The van der Waals surface area contributed by atoms with E-state index in [1.165, 1.54) is 0 Å². The van der Waals surface area contributed by atoms with Crippen LogP contribution in [0.1, 0.15) is 0 Å². The minimum atomic E-state index is 0.746. The fourth-order valence-electron chi connectivity index (χ4n) is 1.90. The van der Waals surface area contributed by atoms with E-state index in [-0.39, 0.29) is 0 Å². The fourth-order valence-corrected chi connectivity index (χ4v) is 2.09. The van der Waals surface area contributed by atoms with Crippen molar-refractivity contribution in [3.05, 3.63) is 65.8 Å². The molecule has 1 aromatic heterocycles. The number of rotatable bonds is 1. The molecule has 0 fully saturated rings. The molecule has 0 N–H and O–H groups in total. The molecule has 0 radical (unpaired) electrons. The lowest BCUT2D eigenvalue weighted by Gasteiger charge is -2.03. The minimum Gasteiger partial charge on any atom is -0.256 e. The van der Waals surface area contributed by atoms with Crippen LogP contribution in [0, 0.1) is 0 Å². The van der Waals surface area contributed by atoms with Gasteiger partial charge in [-0.3, -0.25) is 4.98 Å². The van der Waals surface area contributed by atoms with Crippen LogP contribution in [0.4, 0.5) is 0 Å². The van der Waals surface area contributed by atoms with Crippen molar-refractivity contribution in [2.75, 3.05) is 0 Å². The van der Waals surface area contributed by atoms with E-state index in [2.05, 4.69) is 17.1 Å². The summed E-state index contributed by atoms with van der Waals surface area (Å²) in [5.41, 5.74) is 3.19. The third-order valence-electron chi connectivity index (χ3n) is 2.75. The zero-order chi connectivity index (χ0) is 11.7. The van der Waals surface area contributed by atoms with Gasteiger partial charge in [-0.15, -0.1) is 0 Å². The average molecular weight is 240 g/mol. The Morgan fingerprint density at radius 1 is 0.824 bits per heavy atom. The largest absolute Gasteiger partial charge is 0.256 e. The maximum atomic E-state index is 5.99. The van der Waals surface area contributed by atoms with E-state index in [0.29, 0.717) is 0 Å². The summed E-state index contributed by atoms with van der Waals surface area (Å²) in [6, 6.07) is 18.0. The van der Waals surface area contributed by atoms with Crippen LogP contribution in [-0.4, -0.2) is 4.98 Å². The quantitative estimate of drug-likeness (QED) is 0.607. The van der Waals surface area contributed by atoms with E-state index in [0.717, 1.165) is 27.1 Å². The molecular weight excluding hydrogens is 230 g/mol. The van der Waals surface area contributed by atoms with Gasteiger partial charge in [0.2, 0.25) is 0 Å². The number of benzene rings is 2. The topological polar surface area (TPSA) is 12.9 Å². The van der Waals surface area contributed by atoms with Crippen molar-refractivity contribution in [1.29, 1.82) is 0 Å². The van der Waals surface area contributed by atoms with Crippen LogP contribution in [0.5, 0.6) is 0 Å². The lowest BCUT2D eigenvalue weighted by Crippen LogP contribution is -1.82. The zero-order valence-electron chi connectivity index (χ0n) is 9.10. The summed E-state index contributed by atoms with van der Waals surface area (Å²) in [7, 11) is 0. The van der Waals surface area contributed by atoms with Gasteiger partial charge in [0.1, 0.15) is 0 Å². The second-order valence-electron chi connectivity index (χ2n) is 3.93. The van der Waals surface area contributed by atoms with Crippen LogP contribution >= 0.6 is 11.6 Å². The molecule has 0 aliphatic heterocycles. The standard InChI is InChI=1S/C15H10ClN/c16-14-6-3-5-11(9-14)13-8-12-4-1-2-7-15(12)17-10-13/h1-10H. The van der Waals surface area contributed by atoms with E-state index in [1.54, 1.807) is 0 Å². The van der Waals surface area contributed by atoms with Gasteiger partial charge in [-0.1, -0.05) is 41.9 Å². The lowest BCUT2D eigenvalue weighted by atomic mass is 10.1. The summed E-state index contributed by atoms with van der Waals surface area (Å²) in [5, 5.41) is 1.89. The lowest BCUT2D eigenvalue weighted by molar-refractivity contribution is 1.41. The highest BCUT2D eigenvalue weighted by Crippen LogP contribution is 2.24. The normalized spacial score (nSPS) is 10.6. The molecule has 17 heavy (non-hydrogen) atoms. The Balaban J connectivity index is 2.18. The number of pyridine rings is 1. The van der Waals surface area contributed by atoms with E-state index < -0.39 is 0 Å². The Labute approximate surface area is 105 Å². The van der Waals surface area contributed by atoms with Crippen LogP contribution in [0.3, 0.4) is 0 Å². The van der Waals surface area contributed by atoms with Crippen LogP contribution in [-0.2, 0) is 0 Å². The van der Waals surface area contributed by atoms with E-state index >= 15 is 0 Å². The molecule has 1 nitrogen and oxygen atoms in total. The van der Waals surface area contributed by atoms with Gasteiger partial charge in [-0.25, -0.2) is 0 Å². The molecule has 0 unspecified atom stereocenters. The molecular formula is C15H10ClN. The third kappa shape index (κ3) is 2.02. The Kier molecular flexibility index (Phi) is 2.54. The molecule has 0 saturated carbocycles. The molecule has 0 saturated heterocycles. The molecule has 0 atom stereocenters. The first-order valence-corrected chi connectivity index (χ1v) is 5.81. The SMILES string of the molecule is Clc1cccc(-c2cnc3ccccc3c2)c1. The molecule has 3 rings (SSSR count). The summed E-state index contributed by atoms with van der Waals surface area (Å²) < 4.78 is 0. The fraction of sp³-hybridized carbons (Fsp3) is 0.